The molecule has 1 heterocycles. The first-order valence-electron chi connectivity index (χ1n) is 4.44. The number of benzene rings is 1. The average molecular weight is 242 g/mol. The Labute approximate surface area is 92.6 Å². The minimum atomic E-state index is -4.89. The van der Waals surface area contributed by atoms with Crippen LogP contribution >= 0.6 is 0 Å². The van der Waals surface area contributed by atoms with Crippen molar-refractivity contribution in [2.75, 3.05) is 0 Å². The summed E-state index contributed by atoms with van der Waals surface area (Å²) < 4.78 is 36.6. The number of carbonyl (C=O) groups is 1. The number of ketones is 1. The van der Waals surface area contributed by atoms with Crippen LogP contribution in [0.25, 0.3) is 11.4 Å². The van der Waals surface area contributed by atoms with Crippen LogP contribution in [0, 0.1) is 0 Å². The van der Waals surface area contributed by atoms with Crippen molar-refractivity contribution in [3.05, 3.63) is 29.8 Å². The number of nitrogens with one attached hydrogen (secondary N) is 1. The van der Waals surface area contributed by atoms with Crippen LogP contribution in [0.4, 0.5) is 13.2 Å². The lowest BCUT2D eigenvalue weighted by Crippen LogP contribution is -2.22. The monoisotopic (exact) mass is 242 g/mol. The summed E-state index contributed by atoms with van der Waals surface area (Å²) in [4.78, 5) is 11.0. The molecule has 0 radical (unpaired) electrons. The standard InChI is InChI=1S/C9H5F3N4O/c10-9(11,12)7(17)5-2-1-3-6(4-5)8-13-15-16-14-8/h1-4H,(H,13,14,15,16). The molecule has 0 aliphatic heterocycles. The lowest BCUT2D eigenvalue weighted by molar-refractivity contribution is -0.0885. The highest BCUT2D eigenvalue weighted by Gasteiger charge is 2.39. The zero-order valence-corrected chi connectivity index (χ0v) is 8.19. The van der Waals surface area contributed by atoms with Crippen molar-refractivity contribution in [1.29, 1.82) is 0 Å². The highest BCUT2D eigenvalue weighted by Crippen LogP contribution is 2.23. The summed E-state index contributed by atoms with van der Waals surface area (Å²) in [5.74, 6) is -1.77. The van der Waals surface area contributed by atoms with Crippen LogP contribution < -0.4 is 0 Å². The molecule has 17 heavy (non-hydrogen) atoms. The highest BCUT2D eigenvalue weighted by atomic mass is 19.4. The van der Waals surface area contributed by atoms with Crippen molar-refractivity contribution in [2.45, 2.75) is 6.18 Å². The summed E-state index contributed by atoms with van der Waals surface area (Å²) in [5.41, 5.74) is -0.173. The van der Waals surface area contributed by atoms with E-state index in [1.807, 2.05) is 0 Å². The van der Waals surface area contributed by atoms with E-state index in [1.165, 1.54) is 12.1 Å². The number of H-pyrrole nitrogens is 1. The first-order valence-corrected chi connectivity index (χ1v) is 4.44. The molecule has 2 aromatic rings. The minimum absolute atomic E-state index is 0.127. The molecule has 0 atom stereocenters. The molecule has 0 aliphatic carbocycles. The number of aromatic amines is 1. The van der Waals surface area contributed by atoms with Crippen molar-refractivity contribution in [3.8, 4) is 11.4 Å². The van der Waals surface area contributed by atoms with Crippen LogP contribution in [0.15, 0.2) is 24.3 Å². The molecular weight excluding hydrogens is 237 g/mol. The molecule has 0 amide bonds. The maximum Gasteiger partial charge on any atom is 0.454 e. The van der Waals surface area contributed by atoms with Crippen LogP contribution in [0.1, 0.15) is 10.4 Å². The molecule has 0 bridgehead atoms. The van der Waals surface area contributed by atoms with E-state index in [9.17, 15) is 18.0 Å². The predicted molar refractivity (Wildman–Crippen MR) is 50.0 cm³/mol. The summed E-state index contributed by atoms with van der Waals surface area (Å²) in [7, 11) is 0. The number of rotatable bonds is 2. The van der Waals surface area contributed by atoms with E-state index in [-0.39, 0.29) is 11.4 Å². The minimum Gasteiger partial charge on any atom is -0.284 e. The van der Waals surface area contributed by atoms with Crippen molar-refractivity contribution < 1.29 is 18.0 Å². The van der Waals surface area contributed by atoms with E-state index in [1.54, 1.807) is 0 Å². The van der Waals surface area contributed by atoms with E-state index in [4.69, 9.17) is 0 Å². The van der Waals surface area contributed by atoms with Gasteiger partial charge in [-0.1, -0.05) is 18.2 Å². The normalized spacial score (nSPS) is 11.5. The molecule has 8 heteroatoms. The number of Topliss-reactive ketones (excluding diaryl/α,β-unsaturated/α-hetero) is 1. The molecule has 1 N–H and O–H groups in total. The number of carbonyl (C=O) groups excluding carboxylic acids is 1. The second-order valence-electron chi connectivity index (χ2n) is 3.14. The SMILES string of the molecule is O=C(c1cccc(-c2nn[nH]n2)c1)C(F)(F)F. The molecule has 0 saturated heterocycles. The summed E-state index contributed by atoms with van der Waals surface area (Å²) in [5, 5.41) is 12.7. The van der Waals surface area contributed by atoms with Crippen LogP contribution in [0.2, 0.25) is 0 Å². The molecule has 0 spiro atoms. The van der Waals surface area contributed by atoms with Gasteiger partial charge in [-0.2, -0.15) is 18.4 Å². The Balaban J connectivity index is 2.39. The lowest BCUT2D eigenvalue weighted by Gasteiger charge is -2.05. The molecule has 1 aromatic heterocycles. The fraction of sp³-hybridized carbons (Fsp3) is 0.111. The first-order chi connectivity index (χ1) is 7.98. The van der Waals surface area contributed by atoms with Gasteiger partial charge < -0.3 is 0 Å². The first kappa shape index (κ1) is 11.2. The Kier molecular flexibility index (Phi) is 2.62. The fourth-order valence-electron chi connectivity index (χ4n) is 1.25. The fourth-order valence-corrected chi connectivity index (χ4v) is 1.25. The van der Waals surface area contributed by atoms with Crippen LogP contribution in [-0.4, -0.2) is 32.6 Å². The maximum absolute atomic E-state index is 12.2. The molecule has 5 nitrogen and oxygen atoms in total. The van der Waals surface area contributed by atoms with Gasteiger partial charge in [-0.15, -0.1) is 10.2 Å². The second kappa shape index (κ2) is 3.96. The molecular formula is C9H5F3N4O. The van der Waals surface area contributed by atoms with Gasteiger partial charge in [0.2, 0.25) is 5.82 Å². The summed E-state index contributed by atoms with van der Waals surface area (Å²) >= 11 is 0. The number of halogens is 3. The maximum atomic E-state index is 12.2. The zero-order chi connectivity index (χ0) is 12.5. The Bertz CT molecular complexity index is 535. The topological polar surface area (TPSA) is 71.5 Å². The number of aromatic nitrogens is 4. The molecule has 0 saturated carbocycles. The molecule has 0 fully saturated rings. The third kappa shape index (κ3) is 2.30. The van der Waals surface area contributed by atoms with E-state index >= 15 is 0 Å². The number of hydrogen-bond acceptors (Lipinski definition) is 4. The van der Waals surface area contributed by atoms with Gasteiger partial charge in [-0.3, -0.25) is 4.79 Å². The quantitative estimate of drug-likeness (QED) is 0.812. The third-order valence-electron chi connectivity index (χ3n) is 1.99. The highest BCUT2D eigenvalue weighted by molar-refractivity contribution is 6.00. The number of nitrogens with zero attached hydrogens (tertiary/aromatic N) is 3. The Morgan fingerprint density at radius 3 is 2.65 bits per heavy atom. The van der Waals surface area contributed by atoms with Crippen LogP contribution in [-0.2, 0) is 0 Å². The van der Waals surface area contributed by atoms with Crippen LogP contribution in [0.5, 0.6) is 0 Å². The lowest BCUT2D eigenvalue weighted by atomic mass is 10.1. The van der Waals surface area contributed by atoms with Gasteiger partial charge in [-0.05, 0) is 11.3 Å². The second-order valence-corrected chi connectivity index (χ2v) is 3.14. The van der Waals surface area contributed by atoms with Gasteiger partial charge in [0.15, 0.2) is 0 Å². The van der Waals surface area contributed by atoms with Gasteiger partial charge in [-0.25, -0.2) is 0 Å². The van der Waals surface area contributed by atoms with Crippen molar-refractivity contribution in [2.24, 2.45) is 0 Å². The van der Waals surface area contributed by atoms with Gasteiger partial charge >= 0.3 is 6.18 Å². The van der Waals surface area contributed by atoms with E-state index in [0.29, 0.717) is 0 Å². The van der Waals surface area contributed by atoms with Gasteiger partial charge in [0.25, 0.3) is 5.78 Å². The Morgan fingerprint density at radius 2 is 2.06 bits per heavy atom. The Hall–Kier alpha value is -2.25. The average Bonchev–Trinajstić information content (AvgIpc) is 2.80. The van der Waals surface area contributed by atoms with Gasteiger partial charge in [0.1, 0.15) is 0 Å². The summed E-state index contributed by atoms with van der Waals surface area (Å²) in [6.45, 7) is 0. The molecule has 0 unspecified atom stereocenters. The summed E-state index contributed by atoms with van der Waals surface area (Å²) in [6, 6.07) is 4.96. The van der Waals surface area contributed by atoms with Crippen molar-refractivity contribution >= 4 is 5.78 Å². The van der Waals surface area contributed by atoms with Gasteiger partial charge in [0, 0.05) is 11.1 Å². The summed E-state index contributed by atoms with van der Waals surface area (Å²) in [6.07, 6.45) is -4.89. The van der Waals surface area contributed by atoms with E-state index < -0.39 is 17.5 Å². The van der Waals surface area contributed by atoms with Crippen LogP contribution in [0.3, 0.4) is 0 Å². The smallest absolute Gasteiger partial charge is 0.284 e. The molecule has 1 aromatic carbocycles. The molecule has 2 rings (SSSR count). The van der Waals surface area contributed by atoms with Crippen molar-refractivity contribution in [3.63, 3.8) is 0 Å². The van der Waals surface area contributed by atoms with Gasteiger partial charge in [0.05, 0.1) is 0 Å². The third-order valence-corrected chi connectivity index (χ3v) is 1.99. The Morgan fingerprint density at radius 1 is 1.29 bits per heavy atom. The van der Waals surface area contributed by atoms with Crippen molar-refractivity contribution in [1.82, 2.24) is 20.6 Å². The van der Waals surface area contributed by atoms with E-state index in [2.05, 4.69) is 20.6 Å². The number of hydrogen-bond donors (Lipinski definition) is 1. The van der Waals surface area contributed by atoms with E-state index in [0.717, 1.165) is 12.1 Å². The largest absolute Gasteiger partial charge is 0.454 e. The number of alkyl halides is 3. The zero-order valence-electron chi connectivity index (χ0n) is 8.19. The predicted octanol–water partition coefficient (Wildman–Crippen LogP) is 1.61. The molecule has 0 aliphatic rings. The number of tetrazole rings is 1. The molecule has 88 valence electrons.